The Morgan fingerprint density at radius 3 is 2.62 bits per heavy atom. The first kappa shape index (κ1) is 19.4. The van der Waals surface area contributed by atoms with Crippen LogP contribution in [0.2, 0.25) is 0 Å². The zero-order valence-corrected chi connectivity index (χ0v) is 18.3. The molecule has 5 heteroatoms. The summed E-state index contributed by atoms with van der Waals surface area (Å²) in [7, 11) is 0. The molecule has 3 aromatic carbocycles. The Bertz CT molecular complexity index is 1280. The zero-order chi connectivity index (χ0) is 21.5. The number of aryl methyl sites for hydroxylation is 1. The number of anilines is 1. The van der Waals surface area contributed by atoms with Crippen molar-refractivity contribution in [2.75, 3.05) is 44.2 Å². The van der Waals surface area contributed by atoms with E-state index < -0.39 is 0 Å². The maximum atomic E-state index is 6.43. The van der Waals surface area contributed by atoms with Crippen LogP contribution in [0, 0.1) is 6.92 Å². The minimum absolute atomic E-state index is 0.0293. The van der Waals surface area contributed by atoms with E-state index >= 15 is 0 Å². The van der Waals surface area contributed by atoms with Crippen molar-refractivity contribution in [2.45, 2.75) is 13.0 Å². The molecule has 0 bridgehead atoms. The second kappa shape index (κ2) is 7.99. The van der Waals surface area contributed by atoms with E-state index in [-0.39, 0.29) is 6.10 Å². The van der Waals surface area contributed by atoms with Gasteiger partial charge in [-0.1, -0.05) is 30.3 Å². The molecule has 2 aliphatic heterocycles. The van der Waals surface area contributed by atoms with E-state index in [9.17, 15) is 0 Å². The standard InChI is InChI=1S/C27H27N3O2/c1-19-6-9-24-25(28-19)10-11-26-27(24)32-23(18-31-26)17-29-12-14-30(15-13-29)22-8-7-20-4-2-3-5-21(20)16-22/h2-11,16,23H,12-15,17-18H2,1H3. The fourth-order valence-corrected chi connectivity index (χ4v) is 4.82. The SMILES string of the molecule is Cc1ccc2c3c(ccc2n1)OCC(CN1CCN(c2ccc4ccccc4c2)CC1)O3. The van der Waals surface area contributed by atoms with Crippen LogP contribution in [0.3, 0.4) is 0 Å². The van der Waals surface area contributed by atoms with Gasteiger partial charge in [0, 0.05) is 49.5 Å². The van der Waals surface area contributed by atoms with E-state index in [0.717, 1.165) is 60.8 Å². The Hall–Kier alpha value is -3.31. The Balaban J connectivity index is 1.11. The lowest BCUT2D eigenvalue weighted by atomic mass is 10.1. The fourth-order valence-electron chi connectivity index (χ4n) is 4.82. The summed E-state index contributed by atoms with van der Waals surface area (Å²) >= 11 is 0. The Kier molecular flexibility index (Phi) is 4.84. The average molecular weight is 426 g/mol. The maximum absolute atomic E-state index is 6.43. The zero-order valence-electron chi connectivity index (χ0n) is 18.3. The molecule has 32 heavy (non-hydrogen) atoms. The lowest BCUT2D eigenvalue weighted by molar-refractivity contribution is 0.0587. The molecule has 2 aliphatic rings. The summed E-state index contributed by atoms with van der Waals surface area (Å²) < 4.78 is 12.5. The molecule has 3 heterocycles. The summed E-state index contributed by atoms with van der Waals surface area (Å²) in [6, 6.07) is 23.4. The van der Waals surface area contributed by atoms with Crippen LogP contribution in [-0.4, -0.2) is 55.3 Å². The third kappa shape index (κ3) is 3.63. The molecule has 162 valence electrons. The molecule has 4 aromatic rings. The number of piperazine rings is 1. The topological polar surface area (TPSA) is 37.8 Å². The maximum Gasteiger partial charge on any atom is 0.171 e. The van der Waals surface area contributed by atoms with Crippen LogP contribution in [0.1, 0.15) is 5.69 Å². The van der Waals surface area contributed by atoms with Crippen molar-refractivity contribution in [2.24, 2.45) is 0 Å². The number of hydrogen-bond donors (Lipinski definition) is 0. The molecule has 0 radical (unpaired) electrons. The summed E-state index contributed by atoms with van der Waals surface area (Å²) in [6.45, 7) is 7.56. The number of rotatable bonds is 3. The molecule has 0 saturated carbocycles. The number of aromatic nitrogens is 1. The summed E-state index contributed by atoms with van der Waals surface area (Å²) in [5.41, 5.74) is 3.27. The molecular formula is C27H27N3O2. The summed E-state index contributed by atoms with van der Waals surface area (Å²) in [4.78, 5) is 9.60. The van der Waals surface area contributed by atoms with Crippen LogP contribution in [0.15, 0.2) is 66.7 Å². The number of ether oxygens (including phenoxy) is 2. The van der Waals surface area contributed by atoms with Gasteiger partial charge < -0.3 is 14.4 Å². The second-order valence-corrected chi connectivity index (χ2v) is 8.78. The molecule has 0 N–H and O–H groups in total. The predicted molar refractivity (Wildman–Crippen MR) is 129 cm³/mol. The normalized spacial score (nSPS) is 18.9. The van der Waals surface area contributed by atoms with E-state index in [0.29, 0.717) is 6.61 Å². The molecular weight excluding hydrogens is 398 g/mol. The third-order valence-electron chi connectivity index (χ3n) is 6.57. The highest BCUT2D eigenvalue weighted by molar-refractivity contribution is 5.88. The molecule has 0 aliphatic carbocycles. The van der Waals surface area contributed by atoms with Crippen molar-refractivity contribution < 1.29 is 9.47 Å². The van der Waals surface area contributed by atoms with Crippen LogP contribution < -0.4 is 14.4 Å². The monoisotopic (exact) mass is 425 g/mol. The lowest BCUT2D eigenvalue weighted by Gasteiger charge is -2.38. The van der Waals surface area contributed by atoms with Gasteiger partial charge in [0.1, 0.15) is 12.7 Å². The predicted octanol–water partition coefficient (Wildman–Crippen LogP) is 4.66. The van der Waals surface area contributed by atoms with Crippen LogP contribution in [-0.2, 0) is 0 Å². The molecule has 1 aromatic heterocycles. The van der Waals surface area contributed by atoms with Gasteiger partial charge in [-0.2, -0.15) is 0 Å². The summed E-state index contributed by atoms with van der Waals surface area (Å²) in [5.74, 6) is 1.65. The van der Waals surface area contributed by atoms with Crippen molar-refractivity contribution in [1.29, 1.82) is 0 Å². The smallest absolute Gasteiger partial charge is 0.171 e. The highest BCUT2D eigenvalue weighted by Gasteiger charge is 2.27. The molecule has 1 fully saturated rings. The lowest BCUT2D eigenvalue weighted by Crippen LogP contribution is -2.50. The van der Waals surface area contributed by atoms with Crippen molar-refractivity contribution in [3.05, 3.63) is 72.4 Å². The van der Waals surface area contributed by atoms with Gasteiger partial charge in [0.25, 0.3) is 0 Å². The molecule has 0 amide bonds. The van der Waals surface area contributed by atoms with Gasteiger partial charge in [0.15, 0.2) is 11.5 Å². The van der Waals surface area contributed by atoms with Gasteiger partial charge in [0.05, 0.1) is 5.52 Å². The van der Waals surface area contributed by atoms with Gasteiger partial charge in [-0.05, 0) is 54.1 Å². The highest BCUT2D eigenvalue weighted by Crippen LogP contribution is 2.38. The van der Waals surface area contributed by atoms with Crippen LogP contribution in [0.25, 0.3) is 21.7 Å². The average Bonchev–Trinajstić information content (AvgIpc) is 2.84. The van der Waals surface area contributed by atoms with E-state index in [1.807, 2.05) is 25.1 Å². The van der Waals surface area contributed by atoms with Crippen molar-refractivity contribution >= 4 is 27.4 Å². The van der Waals surface area contributed by atoms with Crippen LogP contribution >= 0.6 is 0 Å². The van der Waals surface area contributed by atoms with Gasteiger partial charge in [-0.25, -0.2) is 0 Å². The number of fused-ring (bicyclic) bond motifs is 4. The quantitative estimate of drug-likeness (QED) is 0.477. The number of hydrogen-bond acceptors (Lipinski definition) is 5. The highest BCUT2D eigenvalue weighted by atomic mass is 16.6. The largest absolute Gasteiger partial charge is 0.486 e. The van der Waals surface area contributed by atoms with Crippen LogP contribution in [0.4, 0.5) is 5.69 Å². The van der Waals surface area contributed by atoms with E-state index in [2.05, 4.69) is 63.3 Å². The summed E-state index contributed by atoms with van der Waals surface area (Å²) in [6.07, 6.45) is 0.0293. The van der Waals surface area contributed by atoms with Crippen molar-refractivity contribution in [1.82, 2.24) is 9.88 Å². The summed E-state index contributed by atoms with van der Waals surface area (Å²) in [5, 5.41) is 3.62. The second-order valence-electron chi connectivity index (χ2n) is 8.78. The first-order chi connectivity index (χ1) is 15.7. The fraction of sp³-hybridized carbons (Fsp3) is 0.296. The molecule has 6 rings (SSSR count). The Labute approximate surface area is 188 Å². The van der Waals surface area contributed by atoms with Gasteiger partial charge >= 0.3 is 0 Å². The van der Waals surface area contributed by atoms with Gasteiger partial charge in [0.2, 0.25) is 0 Å². The molecule has 1 saturated heterocycles. The number of benzene rings is 3. The molecule has 1 atom stereocenters. The van der Waals surface area contributed by atoms with Gasteiger partial charge in [-0.3, -0.25) is 9.88 Å². The van der Waals surface area contributed by atoms with Crippen molar-refractivity contribution in [3.8, 4) is 11.5 Å². The van der Waals surface area contributed by atoms with Gasteiger partial charge in [-0.15, -0.1) is 0 Å². The minimum atomic E-state index is 0.0293. The third-order valence-corrected chi connectivity index (χ3v) is 6.57. The molecule has 1 unspecified atom stereocenters. The van der Waals surface area contributed by atoms with E-state index in [1.54, 1.807) is 0 Å². The number of nitrogens with zero attached hydrogens (tertiary/aromatic N) is 3. The molecule has 5 nitrogen and oxygen atoms in total. The van der Waals surface area contributed by atoms with E-state index in [1.165, 1.54) is 16.5 Å². The molecule has 0 spiro atoms. The minimum Gasteiger partial charge on any atom is -0.486 e. The first-order valence-corrected chi connectivity index (χ1v) is 11.4. The Morgan fingerprint density at radius 2 is 1.75 bits per heavy atom. The van der Waals surface area contributed by atoms with Crippen LogP contribution in [0.5, 0.6) is 11.5 Å². The Morgan fingerprint density at radius 1 is 0.906 bits per heavy atom. The van der Waals surface area contributed by atoms with E-state index in [4.69, 9.17) is 9.47 Å². The van der Waals surface area contributed by atoms with Crippen molar-refractivity contribution in [3.63, 3.8) is 0 Å². The number of pyridine rings is 1. The first-order valence-electron chi connectivity index (χ1n) is 11.4.